The molecule has 4 rings (SSSR count). The molecule has 1 aromatic heterocycles. The Bertz CT molecular complexity index is 861. The van der Waals surface area contributed by atoms with Crippen LogP contribution in [0.5, 0.6) is 5.75 Å². The van der Waals surface area contributed by atoms with E-state index in [2.05, 4.69) is 10.1 Å². The summed E-state index contributed by atoms with van der Waals surface area (Å²) in [6.45, 7) is 1.90. The number of benzene rings is 2. The van der Waals surface area contributed by atoms with Gasteiger partial charge in [-0.25, -0.2) is 0 Å². The molecule has 27 heavy (non-hydrogen) atoms. The minimum Gasteiger partial charge on any atom is -0.491 e. The van der Waals surface area contributed by atoms with Gasteiger partial charge in [-0.3, -0.25) is 0 Å². The van der Waals surface area contributed by atoms with Crippen LogP contribution in [0.25, 0.3) is 22.8 Å². The van der Waals surface area contributed by atoms with Gasteiger partial charge >= 0.3 is 0 Å². The third kappa shape index (κ3) is 4.66. The lowest BCUT2D eigenvalue weighted by molar-refractivity contribution is 0.0680. The van der Waals surface area contributed by atoms with Crippen LogP contribution in [0, 0.1) is 0 Å². The molecule has 2 N–H and O–H groups in total. The smallest absolute Gasteiger partial charge is 0.258 e. The first-order valence-corrected chi connectivity index (χ1v) is 8.80. The molecule has 1 unspecified atom stereocenters. The summed E-state index contributed by atoms with van der Waals surface area (Å²) in [4.78, 5) is 4.50. The number of nitrogens with two attached hydrogens (primary N) is 1. The van der Waals surface area contributed by atoms with E-state index in [1.165, 1.54) is 0 Å². The lowest BCUT2D eigenvalue weighted by Crippen LogP contribution is -2.16. The molecule has 1 atom stereocenters. The zero-order valence-electron chi connectivity index (χ0n) is 14.8. The van der Waals surface area contributed by atoms with Gasteiger partial charge in [0.15, 0.2) is 0 Å². The predicted molar refractivity (Wildman–Crippen MR) is 105 cm³/mol. The zero-order chi connectivity index (χ0) is 17.8. The molecule has 7 heteroatoms. The molecular weight excluding hydrogens is 366 g/mol. The summed E-state index contributed by atoms with van der Waals surface area (Å²) in [6.07, 6.45) is 2.34. The van der Waals surface area contributed by atoms with Crippen LogP contribution in [0.1, 0.15) is 18.4 Å². The van der Waals surface area contributed by atoms with Crippen molar-refractivity contribution in [2.24, 2.45) is 5.73 Å². The van der Waals surface area contributed by atoms with E-state index in [-0.39, 0.29) is 18.5 Å². The molecule has 0 bridgehead atoms. The summed E-state index contributed by atoms with van der Waals surface area (Å²) in [5, 5.41) is 4.08. The number of halogens is 1. The Balaban J connectivity index is 0.00000210. The first kappa shape index (κ1) is 19.4. The molecule has 1 saturated heterocycles. The molecule has 3 aromatic rings. The van der Waals surface area contributed by atoms with Crippen molar-refractivity contribution in [1.82, 2.24) is 10.1 Å². The maximum atomic E-state index is 5.84. The minimum atomic E-state index is 0. The van der Waals surface area contributed by atoms with E-state index < -0.39 is 0 Å². The Morgan fingerprint density at radius 3 is 2.70 bits per heavy atom. The maximum absolute atomic E-state index is 5.84. The van der Waals surface area contributed by atoms with E-state index in [1.807, 2.05) is 48.5 Å². The minimum absolute atomic E-state index is 0. The monoisotopic (exact) mass is 387 g/mol. The fourth-order valence-electron chi connectivity index (χ4n) is 2.93. The Morgan fingerprint density at radius 1 is 1.11 bits per heavy atom. The largest absolute Gasteiger partial charge is 0.491 e. The molecule has 0 radical (unpaired) electrons. The fraction of sp³-hybridized carbons (Fsp3) is 0.300. The second-order valence-electron chi connectivity index (χ2n) is 6.30. The van der Waals surface area contributed by atoms with E-state index in [9.17, 15) is 0 Å². The van der Waals surface area contributed by atoms with Gasteiger partial charge in [-0.15, -0.1) is 12.4 Å². The maximum Gasteiger partial charge on any atom is 0.258 e. The van der Waals surface area contributed by atoms with Crippen molar-refractivity contribution in [3.05, 3.63) is 54.1 Å². The van der Waals surface area contributed by atoms with Crippen LogP contribution in [0.15, 0.2) is 53.1 Å². The van der Waals surface area contributed by atoms with E-state index in [0.717, 1.165) is 41.9 Å². The summed E-state index contributed by atoms with van der Waals surface area (Å²) in [5.41, 5.74) is 8.41. The Morgan fingerprint density at radius 2 is 1.96 bits per heavy atom. The van der Waals surface area contributed by atoms with Crippen LogP contribution < -0.4 is 10.5 Å². The van der Waals surface area contributed by atoms with Crippen LogP contribution in [0.4, 0.5) is 0 Å². The van der Waals surface area contributed by atoms with Gasteiger partial charge in [-0.05, 0) is 36.6 Å². The van der Waals surface area contributed by atoms with Gasteiger partial charge in [0.25, 0.3) is 5.89 Å². The van der Waals surface area contributed by atoms with Crippen molar-refractivity contribution >= 4 is 12.4 Å². The number of nitrogens with zero attached hydrogens (tertiary/aromatic N) is 2. The summed E-state index contributed by atoms with van der Waals surface area (Å²) >= 11 is 0. The number of hydrogen-bond donors (Lipinski definition) is 1. The molecule has 0 saturated carbocycles. The summed E-state index contributed by atoms with van der Waals surface area (Å²) in [6, 6.07) is 15.5. The van der Waals surface area contributed by atoms with Crippen LogP contribution in [-0.4, -0.2) is 29.5 Å². The first-order chi connectivity index (χ1) is 12.8. The third-order valence-corrected chi connectivity index (χ3v) is 4.41. The molecule has 2 heterocycles. The lowest BCUT2D eigenvalue weighted by Gasteiger charge is -2.11. The standard InChI is InChI=1S/C20H21N3O3.ClH/c21-12-14-6-8-15(9-7-14)19-22-20(26-23-19)16-3-1-4-17(11-16)25-13-18-5-2-10-24-18;/h1,3-4,6-9,11,18H,2,5,10,12-13,21H2;1H. The third-order valence-electron chi connectivity index (χ3n) is 4.41. The molecule has 0 aliphatic carbocycles. The van der Waals surface area contributed by atoms with Gasteiger partial charge in [0.1, 0.15) is 12.4 Å². The fourth-order valence-corrected chi connectivity index (χ4v) is 2.93. The summed E-state index contributed by atoms with van der Waals surface area (Å²) in [5.74, 6) is 1.78. The highest BCUT2D eigenvalue weighted by Gasteiger charge is 2.16. The highest BCUT2D eigenvalue weighted by molar-refractivity contribution is 5.85. The van der Waals surface area contributed by atoms with Crippen molar-refractivity contribution < 1.29 is 14.0 Å². The van der Waals surface area contributed by atoms with E-state index in [4.69, 9.17) is 19.7 Å². The molecule has 0 spiro atoms. The Kier molecular flexibility index (Phi) is 6.45. The summed E-state index contributed by atoms with van der Waals surface area (Å²) < 4.78 is 16.9. The van der Waals surface area contributed by atoms with Gasteiger partial charge in [-0.1, -0.05) is 35.5 Å². The van der Waals surface area contributed by atoms with Crippen molar-refractivity contribution in [3.63, 3.8) is 0 Å². The van der Waals surface area contributed by atoms with Gasteiger partial charge in [0.05, 0.1) is 6.10 Å². The molecule has 1 aliphatic rings. The summed E-state index contributed by atoms with van der Waals surface area (Å²) in [7, 11) is 0. The number of rotatable bonds is 6. The van der Waals surface area contributed by atoms with Crippen LogP contribution >= 0.6 is 12.4 Å². The SMILES string of the molecule is Cl.NCc1ccc(-c2noc(-c3cccc(OCC4CCCO4)c3)n2)cc1. The van der Waals surface area contributed by atoms with Gasteiger partial charge in [-0.2, -0.15) is 4.98 Å². The van der Waals surface area contributed by atoms with Crippen molar-refractivity contribution in [1.29, 1.82) is 0 Å². The molecule has 6 nitrogen and oxygen atoms in total. The number of aromatic nitrogens is 2. The Hall–Kier alpha value is -2.41. The van der Waals surface area contributed by atoms with E-state index >= 15 is 0 Å². The highest BCUT2D eigenvalue weighted by Crippen LogP contribution is 2.26. The molecule has 0 amide bonds. The molecule has 142 valence electrons. The quantitative estimate of drug-likeness (QED) is 0.691. The predicted octanol–water partition coefficient (Wildman–Crippen LogP) is 3.84. The van der Waals surface area contributed by atoms with Crippen LogP contribution in [0.2, 0.25) is 0 Å². The second kappa shape index (κ2) is 8.99. The second-order valence-corrected chi connectivity index (χ2v) is 6.30. The van der Waals surface area contributed by atoms with Gasteiger partial charge < -0.3 is 19.7 Å². The highest BCUT2D eigenvalue weighted by atomic mass is 35.5. The van der Waals surface area contributed by atoms with Gasteiger partial charge in [0, 0.05) is 24.3 Å². The van der Waals surface area contributed by atoms with Crippen molar-refractivity contribution in [2.45, 2.75) is 25.5 Å². The first-order valence-electron chi connectivity index (χ1n) is 8.80. The van der Waals surface area contributed by atoms with Crippen LogP contribution in [0.3, 0.4) is 0 Å². The number of hydrogen-bond acceptors (Lipinski definition) is 6. The normalized spacial score (nSPS) is 16.1. The topological polar surface area (TPSA) is 83.4 Å². The molecule has 2 aromatic carbocycles. The molecular formula is C20H22ClN3O3. The number of ether oxygens (including phenoxy) is 2. The Labute approximate surface area is 164 Å². The molecule has 1 aliphatic heterocycles. The lowest BCUT2D eigenvalue weighted by atomic mass is 10.1. The van der Waals surface area contributed by atoms with Crippen molar-refractivity contribution in [3.8, 4) is 28.6 Å². The zero-order valence-corrected chi connectivity index (χ0v) is 15.7. The van der Waals surface area contributed by atoms with E-state index in [1.54, 1.807) is 0 Å². The average Bonchev–Trinajstić information content (AvgIpc) is 3.39. The van der Waals surface area contributed by atoms with E-state index in [0.29, 0.717) is 24.9 Å². The van der Waals surface area contributed by atoms with Crippen LogP contribution in [-0.2, 0) is 11.3 Å². The van der Waals surface area contributed by atoms with Gasteiger partial charge in [0.2, 0.25) is 5.82 Å². The van der Waals surface area contributed by atoms with Crippen molar-refractivity contribution in [2.75, 3.05) is 13.2 Å². The average molecular weight is 388 g/mol. The molecule has 1 fully saturated rings.